The van der Waals surface area contributed by atoms with Gasteiger partial charge in [-0.25, -0.2) is 4.79 Å². The van der Waals surface area contributed by atoms with Gasteiger partial charge < -0.3 is 18.9 Å². The molecule has 36 heavy (non-hydrogen) atoms. The van der Waals surface area contributed by atoms with Crippen LogP contribution >= 0.6 is 0 Å². The summed E-state index contributed by atoms with van der Waals surface area (Å²) in [5.41, 5.74) is 3.54. The first kappa shape index (κ1) is 25.8. The number of ether oxygens (including phenoxy) is 4. The standard InChI is InChI=1S/C31H36O5/c1-3-20-35-30(31(32)33-4-2)22-23-16-18-24(19-17-23)34-21-10-9-11-25-26-12-5-7-14-28(26)36-29-15-8-6-13-27(25)29/h5-8,12-19,25,30H,3-4,9-11,20-22H2,1-2H3. The lowest BCUT2D eigenvalue weighted by Gasteiger charge is -2.28. The Morgan fingerprint density at radius 1 is 0.861 bits per heavy atom. The van der Waals surface area contributed by atoms with Crippen LogP contribution in [0.1, 0.15) is 62.1 Å². The van der Waals surface area contributed by atoms with Crippen LogP contribution in [0.3, 0.4) is 0 Å². The Labute approximate surface area is 214 Å². The molecule has 1 aliphatic heterocycles. The van der Waals surface area contributed by atoms with Gasteiger partial charge in [-0.05, 0) is 62.4 Å². The fourth-order valence-corrected chi connectivity index (χ4v) is 4.60. The van der Waals surface area contributed by atoms with Crippen molar-refractivity contribution in [3.05, 3.63) is 89.5 Å². The van der Waals surface area contributed by atoms with Crippen LogP contribution in [0.4, 0.5) is 0 Å². The highest BCUT2D eigenvalue weighted by molar-refractivity contribution is 5.75. The maximum atomic E-state index is 12.2. The fraction of sp³-hybridized carbons (Fsp3) is 0.387. The van der Waals surface area contributed by atoms with Crippen molar-refractivity contribution in [3.8, 4) is 17.2 Å². The quantitative estimate of drug-likeness (QED) is 0.190. The summed E-state index contributed by atoms with van der Waals surface area (Å²) in [6, 6.07) is 24.6. The van der Waals surface area contributed by atoms with Gasteiger partial charge in [-0.15, -0.1) is 0 Å². The molecule has 0 spiro atoms. The monoisotopic (exact) mass is 488 g/mol. The van der Waals surface area contributed by atoms with Crippen LogP contribution < -0.4 is 9.47 Å². The molecule has 4 rings (SSSR count). The number of unbranched alkanes of at least 4 members (excludes halogenated alkanes) is 1. The molecular formula is C31H36O5. The van der Waals surface area contributed by atoms with Gasteiger partial charge in [0.15, 0.2) is 6.10 Å². The van der Waals surface area contributed by atoms with Crippen LogP contribution in [0.5, 0.6) is 17.2 Å². The number of carbonyl (C=O) groups is 1. The minimum Gasteiger partial charge on any atom is -0.494 e. The Morgan fingerprint density at radius 2 is 1.53 bits per heavy atom. The molecule has 3 aromatic carbocycles. The summed E-state index contributed by atoms with van der Waals surface area (Å²) in [5, 5.41) is 0. The highest BCUT2D eigenvalue weighted by Crippen LogP contribution is 2.45. The molecule has 0 fully saturated rings. The van der Waals surface area contributed by atoms with E-state index in [0.29, 0.717) is 32.2 Å². The van der Waals surface area contributed by atoms with Gasteiger partial charge in [0.05, 0.1) is 13.2 Å². The second kappa shape index (κ2) is 13.1. The second-order valence-electron chi connectivity index (χ2n) is 9.03. The third-order valence-corrected chi connectivity index (χ3v) is 6.38. The maximum absolute atomic E-state index is 12.2. The normalized spacial score (nSPS) is 13.3. The molecule has 1 aliphatic rings. The molecule has 5 heteroatoms. The molecule has 0 N–H and O–H groups in total. The van der Waals surface area contributed by atoms with E-state index >= 15 is 0 Å². The van der Waals surface area contributed by atoms with E-state index in [1.807, 2.05) is 50.2 Å². The first-order valence-electron chi connectivity index (χ1n) is 13.0. The second-order valence-corrected chi connectivity index (χ2v) is 9.03. The molecule has 1 heterocycles. The first-order chi connectivity index (χ1) is 17.7. The SMILES string of the molecule is CCCOC(Cc1ccc(OCCCCC2c3ccccc3Oc3ccccc32)cc1)C(=O)OCC. The van der Waals surface area contributed by atoms with Gasteiger partial charge in [0.25, 0.3) is 0 Å². The molecule has 0 amide bonds. The van der Waals surface area contributed by atoms with Gasteiger partial charge in [0.1, 0.15) is 17.2 Å². The van der Waals surface area contributed by atoms with Crippen molar-refractivity contribution in [2.24, 2.45) is 0 Å². The van der Waals surface area contributed by atoms with Gasteiger partial charge in [0, 0.05) is 30.1 Å². The van der Waals surface area contributed by atoms with E-state index in [-0.39, 0.29) is 5.97 Å². The molecule has 190 valence electrons. The third-order valence-electron chi connectivity index (χ3n) is 6.38. The van der Waals surface area contributed by atoms with Crippen molar-refractivity contribution in [1.82, 2.24) is 0 Å². The van der Waals surface area contributed by atoms with E-state index in [1.54, 1.807) is 0 Å². The number of para-hydroxylation sites is 2. The van der Waals surface area contributed by atoms with Crippen LogP contribution in [-0.4, -0.2) is 31.9 Å². The third kappa shape index (κ3) is 6.67. The Bertz CT molecular complexity index is 1060. The van der Waals surface area contributed by atoms with Crippen LogP contribution in [0.15, 0.2) is 72.8 Å². The van der Waals surface area contributed by atoms with Crippen molar-refractivity contribution in [2.75, 3.05) is 19.8 Å². The zero-order valence-corrected chi connectivity index (χ0v) is 21.3. The maximum Gasteiger partial charge on any atom is 0.335 e. The first-order valence-corrected chi connectivity index (χ1v) is 13.0. The molecule has 0 bridgehead atoms. The van der Waals surface area contributed by atoms with Crippen molar-refractivity contribution < 1.29 is 23.7 Å². The fourth-order valence-electron chi connectivity index (χ4n) is 4.60. The number of benzene rings is 3. The minimum atomic E-state index is -0.572. The Morgan fingerprint density at radius 3 is 2.17 bits per heavy atom. The average molecular weight is 489 g/mol. The molecule has 5 nitrogen and oxygen atoms in total. The molecule has 0 saturated heterocycles. The molecule has 0 aromatic heterocycles. The number of hydrogen-bond acceptors (Lipinski definition) is 5. The lowest BCUT2D eigenvalue weighted by molar-refractivity contribution is -0.156. The summed E-state index contributed by atoms with van der Waals surface area (Å²) in [5.74, 6) is 2.79. The number of esters is 1. The molecule has 0 aliphatic carbocycles. The van der Waals surface area contributed by atoms with Crippen molar-refractivity contribution in [3.63, 3.8) is 0 Å². The van der Waals surface area contributed by atoms with Gasteiger partial charge in [-0.1, -0.05) is 55.5 Å². The van der Waals surface area contributed by atoms with Crippen LogP contribution in [0.25, 0.3) is 0 Å². The largest absolute Gasteiger partial charge is 0.494 e. The molecule has 3 aromatic rings. The average Bonchev–Trinajstić information content (AvgIpc) is 2.91. The minimum absolute atomic E-state index is 0.305. The van der Waals surface area contributed by atoms with E-state index in [9.17, 15) is 4.79 Å². The Balaban J connectivity index is 1.26. The van der Waals surface area contributed by atoms with Crippen molar-refractivity contribution in [2.45, 2.75) is 58.0 Å². The van der Waals surface area contributed by atoms with Crippen LogP contribution in [-0.2, 0) is 20.7 Å². The number of fused-ring (bicyclic) bond motifs is 2. The summed E-state index contributed by atoms with van der Waals surface area (Å²) in [6.45, 7) is 5.38. The smallest absolute Gasteiger partial charge is 0.335 e. The van der Waals surface area contributed by atoms with E-state index < -0.39 is 6.10 Å². The predicted molar refractivity (Wildman–Crippen MR) is 141 cm³/mol. The van der Waals surface area contributed by atoms with E-state index in [2.05, 4.69) is 36.4 Å². The summed E-state index contributed by atoms with van der Waals surface area (Å²) in [7, 11) is 0. The van der Waals surface area contributed by atoms with Gasteiger partial charge >= 0.3 is 5.97 Å². The Hall–Kier alpha value is -3.31. The van der Waals surface area contributed by atoms with Gasteiger partial charge in [-0.2, -0.15) is 0 Å². The Kier molecular flexibility index (Phi) is 9.40. The lowest BCUT2D eigenvalue weighted by Crippen LogP contribution is -2.29. The molecule has 0 radical (unpaired) electrons. The molecular weight excluding hydrogens is 452 g/mol. The highest BCUT2D eigenvalue weighted by Gasteiger charge is 2.26. The van der Waals surface area contributed by atoms with Gasteiger partial charge in [-0.3, -0.25) is 0 Å². The zero-order valence-electron chi connectivity index (χ0n) is 21.3. The summed E-state index contributed by atoms with van der Waals surface area (Å²) in [4.78, 5) is 12.2. The number of rotatable bonds is 13. The summed E-state index contributed by atoms with van der Waals surface area (Å²) < 4.78 is 23.0. The van der Waals surface area contributed by atoms with E-state index in [4.69, 9.17) is 18.9 Å². The van der Waals surface area contributed by atoms with Gasteiger partial charge in [0.2, 0.25) is 0 Å². The van der Waals surface area contributed by atoms with E-state index in [0.717, 1.165) is 48.5 Å². The number of hydrogen-bond donors (Lipinski definition) is 0. The molecule has 1 atom stereocenters. The predicted octanol–water partition coefficient (Wildman–Crippen LogP) is 7.07. The summed E-state index contributed by atoms with van der Waals surface area (Å²) >= 11 is 0. The highest BCUT2D eigenvalue weighted by atomic mass is 16.6. The molecule has 1 unspecified atom stereocenters. The number of carbonyl (C=O) groups excluding carboxylic acids is 1. The van der Waals surface area contributed by atoms with Crippen molar-refractivity contribution >= 4 is 5.97 Å². The summed E-state index contributed by atoms with van der Waals surface area (Å²) in [6.07, 6.45) is 3.86. The van der Waals surface area contributed by atoms with Crippen LogP contribution in [0, 0.1) is 0 Å². The van der Waals surface area contributed by atoms with E-state index in [1.165, 1.54) is 11.1 Å². The zero-order chi connectivity index (χ0) is 25.2. The molecule has 0 saturated carbocycles. The topological polar surface area (TPSA) is 54.0 Å². The lowest BCUT2D eigenvalue weighted by atomic mass is 9.84. The van der Waals surface area contributed by atoms with Crippen molar-refractivity contribution in [1.29, 1.82) is 0 Å². The van der Waals surface area contributed by atoms with Crippen LogP contribution in [0.2, 0.25) is 0 Å².